The molecule has 0 spiro atoms. The van der Waals surface area contributed by atoms with Gasteiger partial charge >= 0.3 is 0 Å². The molecule has 3 rings (SSSR count). The Morgan fingerprint density at radius 3 is 2.75 bits per heavy atom. The number of nitrogens with one attached hydrogen (secondary N) is 1. The molecule has 7 heteroatoms. The van der Waals surface area contributed by atoms with Crippen LogP contribution in [0, 0.1) is 20.8 Å². The SMILES string of the molecule is Cc1nc(OCC(=O)Nc2ccccc2Cl)c2c(C)c(C)oc2n1. The van der Waals surface area contributed by atoms with Crippen LogP contribution in [0.3, 0.4) is 0 Å². The number of amides is 1. The zero-order valence-corrected chi connectivity index (χ0v) is 14.3. The fourth-order valence-electron chi connectivity index (χ4n) is 2.30. The van der Waals surface area contributed by atoms with E-state index in [-0.39, 0.29) is 12.5 Å². The van der Waals surface area contributed by atoms with Crippen molar-refractivity contribution in [2.45, 2.75) is 20.8 Å². The standard InChI is InChI=1S/C17H16ClN3O3/c1-9-10(2)24-17-15(9)16(19-11(3)20-17)23-8-14(22)21-13-7-5-4-6-12(13)18/h4-7H,8H2,1-3H3,(H,21,22). The third-order valence-corrected chi connectivity index (χ3v) is 3.92. The Kier molecular flexibility index (Phi) is 4.40. The number of hydrogen-bond donors (Lipinski definition) is 1. The molecule has 1 amide bonds. The van der Waals surface area contributed by atoms with Crippen LogP contribution < -0.4 is 10.1 Å². The number of hydrogen-bond acceptors (Lipinski definition) is 5. The van der Waals surface area contributed by atoms with Crippen LogP contribution in [-0.2, 0) is 4.79 Å². The zero-order valence-electron chi connectivity index (χ0n) is 13.5. The van der Waals surface area contributed by atoms with Gasteiger partial charge in [0.25, 0.3) is 5.91 Å². The first-order valence-corrected chi connectivity index (χ1v) is 7.75. The van der Waals surface area contributed by atoms with Gasteiger partial charge in [-0.05, 0) is 32.9 Å². The van der Waals surface area contributed by atoms with Crippen LogP contribution in [0.5, 0.6) is 5.88 Å². The van der Waals surface area contributed by atoms with Crippen molar-refractivity contribution in [3.05, 3.63) is 46.4 Å². The lowest BCUT2D eigenvalue weighted by Crippen LogP contribution is -2.20. The van der Waals surface area contributed by atoms with Crippen molar-refractivity contribution in [3.8, 4) is 5.88 Å². The number of aryl methyl sites for hydroxylation is 3. The Morgan fingerprint density at radius 2 is 2.00 bits per heavy atom. The van der Waals surface area contributed by atoms with Crippen LogP contribution in [0.4, 0.5) is 5.69 Å². The summed E-state index contributed by atoms with van der Waals surface area (Å²) < 4.78 is 11.2. The largest absolute Gasteiger partial charge is 0.467 e. The van der Waals surface area contributed by atoms with Crippen molar-refractivity contribution in [1.29, 1.82) is 0 Å². The molecule has 2 heterocycles. The molecule has 24 heavy (non-hydrogen) atoms. The lowest BCUT2D eigenvalue weighted by atomic mass is 10.2. The molecule has 124 valence electrons. The number of carbonyl (C=O) groups excluding carboxylic acids is 1. The van der Waals surface area contributed by atoms with Gasteiger partial charge in [0, 0.05) is 5.56 Å². The van der Waals surface area contributed by atoms with E-state index in [1.54, 1.807) is 31.2 Å². The number of rotatable bonds is 4. The van der Waals surface area contributed by atoms with E-state index in [4.69, 9.17) is 20.8 Å². The minimum absolute atomic E-state index is 0.194. The fourth-order valence-corrected chi connectivity index (χ4v) is 2.48. The van der Waals surface area contributed by atoms with Crippen molar-refractivity contribution in [3.63, 3.8) is 0 Å². The summed E-state index contributed by atoms with van der Waals surface area (Å²) >= 11 is 6.02. The molecule has 0 atom stereocenters. The first kappa shape index (κ1) is 16.3. The average Bonchev–Trinajstić information content (AvgIpc) is 2.81. The number of benzene rings is 1. The summed E-state index contributed by atoms with van der Waals surface area (Å²) in [6.45, 7) is 5.29. The van der Waals surface area contributed by atoms with Crippen molar-refractivity contribution in [2.75, 3.05) is 11.9 Å². The van der Waals surface area contributed by atoms with E-state index in [2.05, 4.69) is 15.3 Å². The number of carbonyl (C=O) groups is 1. The Labute approximate surface area is 143 Å². The summed E-state index contributed by atoms with van der Waals surface area (Å²) in [6.07, 6.45) is 0. The van der Waals surface area contributed by atoms with Crippen LogP contribution in [0.25, 0.3) is 11.1 Å². The molecule has 1 N–H and O–H groups in total. The predicted octanol–water partition coefficient (Wildman–Crippen LogP) is 3.82. The normalized spacial score (nSPS) is 10.8. The second kappa shape index (κ2) is 6.49. The van der Waals surface area contributed by atoms with E-state index in [0.29, 0.717) is 33.5 Å². The van der Waals surface area contributed by atoms with Gasteiger partial charge in [-0.3, -0.25) is 4.79 Å². The van der Waals surface area contributed by atoms with Crippen molar-refractivity contribution >= 4 is 34.3 Å². The number of ether oxygens (including phenoxy) is 1. The van der Waals surface area contributed by atoms with Crippen molar-refractivity contribution < 1.29 is 13.9 Å². The van der Waals surface area contributed by atoms with Gasteiger partial charge in [0.2, 0.25) is 11.6 Å². The summed E-state index contributed by atoms with van der Waals surface area (Å²) in [4.78, 5) is 20.6. The molecule has 1 aromatic carbocycles. The van der Waals surface area contributed by atoms with Gasteiger partial charge in [-0.25, -0.2) is 0 Å². The second-order valence-electron chi connectivity index (χ2n) is 5.36. The highest BCUT2D eigenvalue weighted by Crippen LogP contribution is 2.30. The van der Waals surface area contributed by atoms with Gasteiger partial charge in [0.05, 0.1) is 10.7 Å². The van der Waals surface area contributed by atoms with E-state index in [0.717, 1.165) is 11.3 Å². The molecular formula is C17H16ClN3O3. The minimum atomic E-state index is -0.328. The van der Waals surface area contributed by atoms with Gasteiger partial charge < -0.3 is 14.5 Å². The zero-order chi connectivity index (χ0) is 17.3. The molecule has 0 fully saturated rings. The molecule has 0 aliphatic rings. The molecule has 0 bridgehead atoms. The molecule has 0 aliphatic heterocycles. The maximum absolute atomic E-state index is 12.1. The van der Waals surface area contributed by atoms with E-state index in [1.807, 2.05) is 13.8 Å². The van der Waals surface area contributed by atoms with Gasteiger partial charge in [0.15, 0.2) is 6.61 Å². The smallest absolute Gasteiger partial charge is 0.262 e. The third-order valence-electron chi connectivity index (χ3n) is 3.60. The number of fused-ring (bicyclic) bond motifs is 1. The number of para-hydroxylation sites is 1. The van der Waals surface area contributed by atoms with Crippen LogP contribution in [0.1, 0.15) is 17.1 Å². The van der Waals surface area contributed by atoms with Gasteiger partial charge in [-0.15, -0.1) is 0 Å². The topological polar surface area (TPSA) is 77.2 Å². The highest BCUT2D eigenvalue weighted by atomic mass is 35.5. The van der Waals surface area contributed by atoms with E-state index < -0.39 is 0 Å². The number of halogens is 1. The lowest BCUT2D eigenvalue weighted by Gasteiger charge is -2.09. The van der Waals surface area contributed by atoms with E-state index in [1.165, 1.54) is 0 Å². The lowest BCUT2D eigenvalue weighted by molar-refractivity contribution is -0.118. The molecule has 3 aromatic rings. The Morgan fingerprint density at radius 1 is 1.25 bits per heavy atom. The number of nitrogens with zero attached hydrogens (tertiary/aromatic N) is 2. The molecule has 0 aliphatic carbocycles. The summed E-state index contributed by atoms with van der Waals surface area (Å²) in [6, 6.07) is 7.00. The van der Waals surface area contributed by atoms with Gasteiger partial charge in [-0.2, -0.15) is 9.97 Å². The maximum atomic E-state index is 12.1. The average molecular weight is 346 g/mol. The van der Waals surface area contributed by atoms with Crippen molar-refractivity contribution in [1.82, 2.24) is 9.97 Å². The van der Waals surface area contributed by atoms with Gasteiger partial charge in [-0.1, -0.05) is 23.7 Å². The predicted molar refractivity (Wildman–Crippen MR) is 91.6 cm³/mol. The Hall–Kier alpha value is -2.60. The van der Waals surface area contributed by atoms with E-state index in [9.17, 15) is 4.79 Å². The number of aromatic nitrogens is 2. The van der Waals surface area contributed by atoms with Gasteiger partial charge in [0.1, 0.15) is 17.0 Å². The fraction of sp³-hybridized carbons (Fsp3) is 0.235. The molecule has 6 nitrogen and oxygen atoms in total. The Bertz CT molecular complexity index is 921. The molecule has 0 saturated heterocycles. The van der Waals surface area contributed by atoms with Crippen LogP contribution in [0.15, 0.2) is 28.7 Å². The third kappa shape index (κ3) is 3.19. The minimum Gasteiger partial charge on any atom is -0.467 e. The first-order chi connectivity index (χ1) is 11.5. The molecule has 2 aromatic heterocycles. The summed E-state index contributed by atoms with van der Waals surface area (Å²) in [5.74, 6) is 1.26. The van der Waals surface area contributed by atoms with Crippen LogP contribution >= 0.6 is 11.6 Å². The first-order valence-electron chi connectivity index (χ1n) is 7.37. The summed E-state index contributed by atoms with van der Waals surface area (Å²) in [5, 5.41) is 3.85. The highest BCUT2D eigenvalue weighted by molar-refractivity contribution is 6.33. The number of furan rings is 1. The molecule has 0 saturated carbocycles. The summed E-state index contributed by atoms with van der Waals surface area (Å²) in [5.41, 5.74) is 1.89. The molecule has 0 radical (unpaired) electrons. The second-order valence-corrected chi connectivity index (χ2v) is 5.76. The quantitative estimate of drug-likeness (QED) is 0.777. The van der Waals surface area contributed by atoms with E-state index >= 15 is 0 Å². The molecule has 0 unspecified atom stereocenters. The van der Waals surface area contributed by atoms with Crippen LogP contribution in [-0.4, -0.2) is 22.5 Å². The maximum Gasteiger partial charge on any atom is 0.262 e. The number of anilines is 1. The Balaban J connectivity index is 1.78. The summed E-state index contributed by atoms with van der Waals surface area (Å²) in [7, 11) is 0. The monoisotopic (exact) mass is 345 g/mol. The van der Waals surface area contributed by atoms with Crippen LogP contribution in [0.2, 0.25) is 5.02 Å². The highest BCUT2D eigenvalue weighted by Gasteiger charge is 2.17. The molecular weight excluding hydrogens is 330 g/mol. The van der Waals surface area contributed by atoms with Crippen molar-refractivity contribution in [2.24, 2.45) is 0 Å².